The van der Waals surface area contributed by atoms with Crippen molar-refractivity contribution in [2.45, 2.75) is 51.2 Å². The average Bonchev–Trinajstić information content (AvgIpc) is 3.63. The van der Waals surface area contributed by atoms with Gasteiger partial charge in [0.15, 0.2) is 0 Å². The van der Waals surface area contributed by atoms with E-state index >= 15 is 0 Å². The minimum atomic E-state index is -3.02. The largest absolute Gasteiger partial charge is 0.493 e. The molecule has 0 unspecified atom stereocenters. The summed E-state index contributed by atoms with van der Waals surface area (Å²) in [5.74, 6) is 1.86. The molecule has 0 saturated heterocycles. The molecule has 5 rings (SSSR count). The lowest BCUT2D eigenvalue weighted by Crippen LogP contribution is -2.08. The summed E-state index contributed by atoms with van der Waals surface area (Å²) in [4.78, 5) is 11.1. The lowest BCUT2D eigenvalue weighted by atomic mass is 9.97. The second-order valence-electron chi connectivity index (χ2n) is 10.6. The van der Waals surface area contributed by atoms with E-state index in [2.05, 4.69) is 6.07 Å². The van der Waals surface area contributed by atoms with E-state index in [9.17, 15) is 13.2 Å². The molecule has 0 spiro atoms. The highest BCUT2D eigenvalue weighted by Gasteiger charge is 2.27. The summed E-state index contributed by atoms with van der Waals surface area (Å²) in [6.07, 6.45) is 3.94. The molecule has 0 amide bonds. The van der Waals surface area contributed by atoms with Crippen LogP contribution in [0.4, 0.5) is 0 Å². The molecule has 1 aliphatic carbocycles. The summed E-state index contributed by atoms with van der Waals surface area (Å²) >= 11 is 0. The number of hydrogen-bond donors (Lipinski definition) is 1. The topological polar surface area (TPSA) is 108 Å². The highest BCUT2D eigenvalue weighted by atomic mass is 32.2. The zero-order valence-electron chi connectivity index (χ0n) is 22.7. The molecule has 40 heavy (non-hydrogen) atoms. The van der Waals surface area contributed by atoms with Crippen molar-refractivity contribution in [3.8, 4) is 34.1 Å². The summed E-state index contributed by atoms with van der Waals surface area (Å²) in [5.41, 5.74) is 4.89. The molecule has 9 heteroatoms. The van der Waals surface area contributed by atoms with Crippen LogP contribution in [0.1, 0.15) is 48.3 Å². The van der Waals surface area contributed by atoms with Gasteiger partial charge in [0, 0.05) is 35.4 Å². The SMILES string of the molecule is Cc1cc(OCCCS(C)(=O)=O)cc(OC2CC2)c1-c1cccc(COc2ccc3c(c2)OC[C@H]3CC(=O)O)c1. The number of rotatable bonds is 13. The monoisotopic (exact) mass is 566 g/mol. The van der Waals surface area contributed by atoms with Crippen molar-refractivity contribution in [3.63, 3.8) is 0 Å². The molecule has 8 nitrogen and oxygen atoms in total. The number of carboxylic acid groups (broad SMARTS) is 1. The maximum atomic E-state index is 11.4. The first-order valence-electron chi connectivity index (χ1n) is 13.5. The molecule has 1 heterocycles. The summed E-state index contributed by atoms with van der Waals surface area (Å²) in [5, 5.41) is 9.12. The number of fused-ring (bicyclic) bond motifs is 1. The lowest BCUT2D eigenvalue weighted by molar-refractivity contribution is -0.137. The number of aliphatic carboxylic acids is 1. The van der Waals surface area contributed by atoms with E-state index in [4.69, 9.17) is 24.1 Å². The van der Waals surface area contributed by atoms with Crippen molar-refractivity contribution in [1.82, 2.24) is 0 Å². The van der Waals surface area contributed by atoms with E-state index in [1.807, 2.05) is 55.5 Å². The maximum absolute atomic E-state index is 11.4. The van der Waals surface area contributed by atoms with Crippen LogP contribution >= 0.6 is 0 Å². The Morgan fingerprint density at radius 3 is 2.62 bits per heavy atom. The maximum Gasteiger partial charge on any atom is 0.304 e. The van der Waals surface area contributed by atoms with Crippen LogP contribution in [0, 0.1) is 6.92 Å². The number of ether oxygens (including phenoxy) is 4. The molecule has 212 valence electrons. The van der Waals surface area contributed by atoms with E-state index in [1.54, 1.807) is 0 Å². The molecule has 1 N–H and O–H groups in total. The van der Waals surface area contributed by atoms with Crippen molar-refractivity contribution >= 4 is 15.8 Å². The molecule has 0 radical (unpaired) electrons. The van der Waals surface area contributed by atoms with Crippen LogP contribution in [0.2, 0.25) is 0 Å². The standard InChI is InChI=1S/C31H34O8S/c1-20-13-26(36-11-4-12-40(2,34)35)17-29(39-24-7-8-24)31(20)22-6-3-5-21(14-22)18-37-25-9-10-27-23(15-30(32)33)19-38-28(27)16-25/h3,5-6,9-10,13-14,16-17,23-24H,4,7-8,11-12,15,18-19H2,1-2H3,(H,32,33)/t23-/m1/s1. The third-order valence-electron chi connectivity index (χ3n) is 6.93. The quantitative estimate of drug-likeness (QED) is 0.269. The molecule has 1 saturated carbocycles. The van der Waals surface area contributed by atoms with Crippen LogP contribution < -0.4 is 18.9 Å². The predicted octanol–water partition coefficient (Wildman–Crippen LogP) is 5.55. The van der Waals surface area contributed by atoms with Gasteiger partial charge >= 0.3 is 5.97 Å². The molecule has 1 fully saturated rings. The van der Waals surface area contributed by atoms with Gasteiger partial charge in [0.1, 0.15) is 39.4 Å². The number of sulfone groups is 1. The highest BCUT2D eigenvalue weighted by molar-refractivity contribution is 7.90. The fourth-order valence-electron chi connectivity index (χ4n) is 4.86. The van der Waals surface area contributed by atoms with Gasteiger partial charge in [-0.15, -0.1) is 0 Å². The van der Waals surface area contributed by atoms with Crippen LogP contribution in [-0.2, 0) is 21.2 Å². The van der Waals surface area contributed by atoms with Gasteiger partial charge in [0.05, 0.1) is 31.5 Å². The average molecular weight is 567 g/mol. The number of hydrogen-bond acceptors (Lipinski definition) is 7. The zero-order chi connectivity index (χ0) is 28.3. The Morgan fingerprint density at radius 1 is 1.05 bits per heavy atom. The Hall–Kier alpha value is -3.72. The molecule has 3 aromatic carbocycles. The van der Waals surface area contributed by atoms with Gasteiger partial charge in [-0.2, -0.15) is 0 Å². The summed E-state index contributed by atoms with van der Waals surface area (Å²) in [6.45, 7) is 3.05. The number of aryl methyl sites for hydroxylation is 1. The van der Waals surface area contributed by atoms with Crippen molar-refractivity contribution in [2.24, 2.45) is 0 Å². The van der Waals surface area contributed by atoms with Crippen LogP contribution in [0.25, 0.3) is 11.1 Å². The third kappa shape index (κ3) is 7.27. The van der Waals surface area contributed by atoms with E-state index in [0.717, 1.165) is 46.4 Å². The minimum Gasteiger partial charge on any atom is -0.493 e. The molecule has 1 aliphatic heterocycles. The van der Waals surface area contributed by atoms with Crippen LogP contribution in [-0.4, -0.2) is 50.8 Å². The molecule has 2 aliphatic rings. The lowest BCUT2D eigenvalue weighted by Gasteiger charge is -2.17. The van der Waals surface area contributed by atoms with E-state index in [-0.39, 0.29) is 24.2 Å². The van der Waals surface area contributed by atoms with E-state index in [0.29, 0.717) is 43.5 Å². The molecule has 3 aromatic rings. The molecular weight excluding hydrogens is 532 g/mol. The molecule has 1 atom stereocenters. The number of carbonyl (C=O) groups is 1. The summed E-state index contributed by atoms with van der Waals surface area (Å²) in [7, 11) is -3.02. The molecule has 0 bridgehead atoms. The fraction of sp³-hybridized carbons (Fsp3) is 0.387. The highest BCUT2D eigenvalue weighted by Crippen LogP contribution is 2.41. The summed E-state index contributed by atoms with van der Waals surface area (Å²) in [6, 6.07) is 17.5. The summed E-state index contributed by atoms with van der Waals surface area (Å²) < 4.78 is 46.8. The fourth-order valence-corrected chi connectivity index (χ4v) is 5.50. The van der Waals surface area contributed by atoms with Crippen molar-refractivity contribution < 1.29 is 37.3 Å². The van der Waals surface area contributed by atoms with Crippen molar-refractivity contribution in [2.75, 3.05) is 25.2 Å². The minimum absolute atomic E-state index is 0.0438. The van der Waals surface area contributed by atoms with Crippen LogP contribution in [0.15, 0.2) is 54.6 Å². The van der Waals surface area contributed by atoms with Gasteiger partial charge in [-0.25, -0.2) is 8.42 Å². The van der Waals surface area contributed by atoms with Gasteiger partial charge in [-0.05, 0) is 61.1 Å². The first kappa shape index (κ1) is 27.8. The first-order chi connectivity index (χ1) is 19.1. The van der Waals surface area contributed by atoms with Crippen LogP contribution in [0.3, 0.4) is 0 Å². The van der Waals surface area contributed by atoms with Crippen molar-refractivity contribution in [3.05, 3.63) is 71.3 Å². The second-order valence-corrected chi connectivity index (χ2v) is 12.8. The Kier molecular flexibility index (Phi) is 8.21. The molecule has 0 aromatic heterocycles. The van der Waals surface area contributed by atoms with E-state index in [1.165, 1.54) is 6.26 Å². The van der Waals surface area contributed by atoms with Gasteiger partial charge in [-0.1, -0.05) is 24.3 Å². The Morgan fingerprint density at radius 2 is 1.88 bits per heavy atom. The van der Waals surface area contributed by atoms with Gasteiger partial charge in [0.25, 0.3) is 0 Å². The van der Waals surface area contributed by atoms with E-state index < -0.39 is 15.8 Å². The third-order valence-corrected chi connectivity index (χ3v) is 7.96. The van der Waals surface area contributed by atoms with Crippen LogP contribution in [0.5, 0.6) is 23.0 Å². The Balaban J connectivity index is 1.30. The first-order valence-corrected chi connectivity index (χ1v) is 15.5. The smallest absolute Gasteiger partial charge is 0.304 e. The van der Waals surface area contributed by atoms with Gasteiger partial charge < -0.3 is 24.1 Å². The number of carboxylic acids is 1. The van der Waals surface area contributed by atoms with Crippen molar-refractivity contribution in [1.29, 1.82) is 0 Å². The predicted molar refractivity (Wildman–Crippen MR) is 151 cm³/mol. The van der Waals surface area contributed by atoms with Gasteiger partial charge in [0.2, 0.25) is 0 Å². The Labute approximate surface area is 234 Å². The number of benzene rings is 3. The normalized spacial score (nSPS) is 16.2. The molecular formula is C31H34O8S. The van der Waals surface area contributed by atoms with Gasteiger partial charge in [-0.3, -0.25) is 4.79 Å². The second kappa shape index (κ2) is 11.8. The Bertz CT molecular complexity index is 1490. The zero-order valence-corrected chi connectivity index (χ0v) is 23.5.